The smallest absolute Gasteiger partial charge is 0.328 e. The molecule has 0 atom stereocenters. The van der Waals surface area contributed by atoms with Crippen LogP contribution < -0.4 is 9.64 Å². The van der Waals surface area contributed by atoms with E-state index in [-0.39, 0.29) is 0 Å². The first-order valence-corrected chi connectivity index (χ1v) is 10.4. The van der Waals surface area contributed by atoms with Gasteiger partial charge in [0, 0.05) is 38.3 Å². The molecule has 0 saturated carbocycles. The molecule has 3 rings (SSSR count). The van der Waals surface area contributed by atoms with Crippen molar-refractivity contribution in [3.8, 4) is 5.88 Å². The monoisotopic (exact) mass is 430 g/mol. The van der Waals surface area contributed by atoms with Gasteiger partial charge in [0.05, 0.1) is 17.5 Å². The Labute approximate surface area is 182 Å². The molecular weight excluding hydrogens is 400 g/mol. The number of aliphatic carboxylic acids is 2. The second-order valence-corrected chi connectivity index (χ2v) is 7.20. The van der Waals surface area contributed by atoms with Crippen LogP contribution in [0.3, 0.4) is 0 Å². The summed E-state index contributed by atoms with van der Waals surface area (Å²) in [6.07, 6.45) is 4.57. The second kappa shape index (κ2) is 12.5. The number of carboxylic acid groups (broad SMARTS) is 2. The highest BCUT2D eigenvalue weighted by Crippen LogP contribution is 2.26. The Morgan fingerprint density at radius 3 is 2.29 bits per heavy atom. The van der Waals surface area contributed by atoms with Crippen LogP contribution in [0.1, 0.15) is 26.2 Å². The van der Waals surface area contributed by atoms with Gasteiger partial charge in [-0.1, -0.05) is 31.9 Å². The van der Waals surface area contributed by atoms with Crippen LogP contribution in [0, 0.1) is 0 Å². The number of rotatable bonds is 8. The molecule has 31 heavy (non-hydrogen) atoms. The topological polar surface area (TPSA) is 116 Å². The third-order valence-electron chi connectivity index (χ3n) is 4.70. The van der Waals surface area contributed by atoms with Crippen molar-refractivity contribution >= 4 is 28.8 Å². The highest BCUT2D eigenvalue weighted by molar-refractivity contribution is 5.89. The number of anilines is 1. The number of likely N-dealkylation sites (N-methyl/N-ethyl adjacent to an activating group) is 1. The van der Waals surface area contributed by atoms with E-state index in [4.69, 9.17) is 24.9 Å². The molecule has 0 amide bonds. The lowest BCUT2D eigenvalue weighted by Crippen LogP contribution is -2.45. The molecule has 2 N–H and O–H groups in total. The zero-order valence-electron chi connectivity index (χ0n) is 18.0. The quantitative estimate of drug-likeness (QED) is 0.481. The molecule has 0 unspecified atom stereocenters. The van der Waals surface area contributed by atoms with Crippen LogP contribution >= 0.6 is 0 Å². The Bertz CT molecular complexity index is 879. The average molecular weight is 431 g/mol. The third kappa shape index (κ3) is 8.21. The summed E-state index contributed by atoms with van der Waals surface area (Å²) in [5.74, 6) is -0.997. The minimum Gasteiger partial charge on any atom is -0.478 e. The van der Waals surface area contributed by atoms with E-state index in [1.54, 1.807) is 0 Å². The molecule has 0 aliphatic carbocycles. The fraction of sp³-hybridized carbons (Fsp3) is 0.455. The van der Waals surface area contributed by atoms with Crippen molar-refractivity contribution in [3.05, 3.63) is 36.4 Å². The molecule has 0 spiro atoms. The molecule has 1 aromatic heterocycles. The van der Waals surface area contributed by atoms with E-state index < -0.39 is 11.9 Å². The predicted octanol–water partition coefficient (Wildman–Crippen LogP) is 2.66. The number of ether oxygens (including phenoxy) is 1. The van der Waals surface area contributed by atoms with Gasteiger partial charge in [-0.15, -0.1) is 0 Å². The Kier molecular flexibility index (Phi) is 9.70. The fourth-order valence-electron chi connectivity index (χ4n) is 2.96. The molecule has 9 heteroatoms. The number of nitrogens with zero attached hydrogens (tertiary/aromatic N) is 4. The van der Waals surface area contributed by atoms with Gasteiger partial charge in [-0.05, 0) is 25.6 Å². The van der Waals surface area contributed by atoms with Crippen LogP contribution in [-0.2, 0) is 9.59 Å². The van der Waals surface area contributed by atoms with Gasteiger partial charge in [0.1, 0.15) is 0 Å². The van der Waals surface area contributed by atoms with Crippen LogP contribution in [0.5, 0.6) is 5.88 Å². The summed E-state index contributed by atoms with van der Waals surface area (Å²) in [5, 5.41) is 16.6. The van der Waals surface area contributed by atoms with Crippen LogP contribution in [-0.4, -0.2) is 76.9 Å². The molecule has 1 saturated heterocycles. The van der Waals surface area contributed by atoms with Gasteiger partial charge in [-0.3, -0.25) is 0 Å². The summed E-state index contributed by atoms with van der Waals surface area (Å²) in [4.78, 5) is 33.2. The molecule has 1 fully saturated rings. The van der Waals surface area contributed by atoms with Crippen LogP contribution in [0.25, 0.3) is 10.9 Å². The summed E-state index contributed by atoms with van der Waals surface area (Å²) in [6.45, 7) is 6.93. The van der Waals surface area contributed by atoms with Gasteiger partial charge in [-0.25, -0.2) is 14.6 Å². The summed E-state index contributed by atoms with van der Waals surface area (Å²) >= 11 is 0. The number of fused-ring (bicyclic) bond motifs is 1. The first-order valence-electron chi connectivity index (χ1n) is 10.4. The van der Waals surface area contributed by atoms with Crippen molar-refractivity contribution in [2.45, 2.75) is 26.2 Å². The van der Waals surface area contributed by atoms with Crippen molar-refractivity contribution in [3.63, 3.8) is 0 Å². The van der Waals surface area contributed by atoms with Gasteiger partial charge < -0.3 is 24.7 Å². The number of carbonyl (C=O) groups is 2. The molecular formula is C22H30N4O5. The Hall–Kier alpha value is -3.20. The van der Waals surface area contributed by atoms with Crippen LogP contribution in [0.4, 0.5) is 5.95 Å². The number of unbranched alkanes of at least 4 members (excludes halogenated alkanes) is 2. The number of para-hydroxylation sites is 1. The van der Waals surface area contributed by atoms with Crippen molar-refractivity contribution < 1.29 is 24.5 Å². The normalized spacial score (nSPS) is 14.3. The molecule has 168 valence electrons. The predicted molar refractivity (Wildman–Crippen MR) is 119 cm³/mol. The van der Waals surface area contributed by atoms with E-state index in [9.17, 15) is 9.59 Å². The standard InChI is InChI=1S/C18H26N4O.C4H4O4/c1-3-4-7-14-23-17-15-8-5-6-9-16(15)19-18(20-17)22-12-10-21(2)11-13-22;5-3(6)1-2-4(7)8/h5-6,8-9H,3-4,7,10-14H2,1-2H3;1-2H,(H,5,6)(H,7,8)/b;2-1+. The molecule has 2 heterocycles. The summed E-state index contributed by atoms with van der Waals surface area (Å²) in [5.41, 5.74) is 0.960. The van der Waals surface area contributed by atoms with Gasteiger partial charge >= 0.3 is 11.9 Å². The number of hydrogen-bond acceptors (Lipinski definition) is 7. The highest BCUT2D eigenvalue weighted by atomic mass is 16.5. The lowest BCUT2D eigenvalue weighted by atomic mass is 10.2. The van der Waals surface area contributed by atoms with Gasteiger partial charge in [0.25, 0.3) is 0 Å². The van der Waals surface area contributed by atoms with Gasteiger partial charge in [0.15, 0.2) is 0 Å². The summed E-state index contributed by atoms with van der Waals surface area (Å²) in [7, 11) is 2.15. The average Bonchev–Trinajstić information content (AvgIpc) is 2.76. The van der Waals surface area contributed by atoms with Crippen LogP contribution in [0.15, 0.2) is 36.4 Å². The Morgan fingerprint density at radius 1 is 1.03 bits per heavy atom. The molecule has 1 aliphatic rings. The maximum atomic E-state index is 9.55. The first-order chi connectivity index (χ1) is 14.9. The number of carboxylic acids is 2. The largest absolute Gasteiger partial charge is 0.478 e. The van der Waals surface area contributed by atoms with Crippen molar-refractivity contribution in [2.24, 2.45) is 0 Å². The van der Waals surface area contributed by atoms with Gasteiger partial charge in [-0.2, -0.15) is 4.98 Å². The van der Waals surface area contributed by atoms with E-state index in [1.165, 1.54) is 12.8 Å². The van der Waals surface area contributed by atoms with Crippen molar-refractivity contribution in [2.75, 3.05) is 44.7 Å². The number of piperazine rings is 1. The number of aromatic nitrogens is 2. The third-order valence-corrected chi connectivity index (χ3v) is 4.70. The van der Waals surface area contributed by atoms with E-state index in [2.05, 4.69) is 23.8 Å². The van der Waals surface area contributed by atoms with Crippen molar-refractivity contribution in [1.82, 2.24) is 14.9 Å². The van der Waals surface area contributed by atoms with E-state index in [0.29, 0.717) is 12.2 Å². The fourth-order valence-corrected chi connectivity index (χ4v) is 2.96. The lowest BCUT2D eigenvalue weighted by molar-refractivity contribution is -0.134. The first kappa shape index (κ1) is 24.1. The number of benzene rings is 1. The summed E-state index contributed by atoms with van der Waals surface area (Å²) in [6, 6.07) is 8.11. The maximum absolute atomic E-state index is 9.55. The molecule has 0 bridgehead atoms. The maximum Gasteiger partial charge on any atom is 0.328 e. The summed E-state index contributed by atoms with van der Waals surface area (Å²) < 4.78 is 5.99. The van der Waals surface area contributed by atoms with Crippen LogP contribution in [0.2, 0.25) is 0 Å². The molecule has 1 aliphatic heterocycles. The zero-order chi connectivity index (χ0) is 22.6. The molecule has 0 radical (unpaired) electrons. The number of hydrogen-bond donors (Lipinski definition) is 2. The molecule has 1 aromatic carbocycles. The van der Waals surface area contributed by atoms with E-state index in [0.717, 1.165) is 61.9 Å². The van der Waals surface area contributed by atoms with E-state index >= 15 is 0 Å². The zero-order valence-corrected chi connectivity index (χ0v) is 18.0. The lowest BCUT2D eigenvalue weighted by Gasteiger charge is -2.32. The Morgan fingerprint density at radius 2 is 1.68 bits per heavy atom. The Balaban J connectivity index is 0.000000366. The molecule has 2 aromatic rings. The van der Waals surface area contributed by atoms with E-state index in [1.807, 2.05) is 24.3 Å². The van der Waals surface area contributed by atoms with Crippen molar-refractivity contribution in [1.29, 1.82) is 0 Å². The minimum atomic E-state index is -1.26. The highest BCUT2D eigenvalue weighted by Gasteiger charge is 2.18. The SMILES string of the molecule is CCCCCOc1nc(N2CCN(C)CC2)nc2ccccc12.O=C(O)/C=C/C(=O)O. The second-order valence-electron chi connectivity index (χ2n) is 7.20. The van der Waals surface area contributed by atoms with Gasteiger partial charge in [0.2, 0.25) is 11.8 Å². The molecule has 9 nitrogen and oxygen atoms in total. The minimum absolute atomic E-state index is 0.558.